The van der Waals surface area contributed by atoms with Crippen LogP contribution in [0.4, 0.5) is 0 Å². The normalized spacial score (nSPS) is 21.9. The van der Waals surface area contributed by atoms with Gasteiger partial charge in [-0.05, 0) is 37.5 Å². The average molecular weight is 382 g/mol. The van der Waals surface area contributed by atoms with Crippen LogP contribution in [-0.4, -0.2) is 68.3 Å². The van der Waals surface area contributed by atoms with E-state index in [0.29, 0.717) is 30.0 Å². The van der Waals surface area contributed by atoms with Crippen LogP contribution >= 0.6 is 11.6 Å². The number of rotatable bonds is 8. The van der Waals surface area contributed by atoms with Crippen molar-refractivity contribution >= 4 is 11.6 Å². The van der Waals surface area contributed by atoms with Crippen LogP contribution in [0.1, 0.15) is 32.3 Å². The summed E-state index contributed by atoms with van der Waals surface area (Å²) in [5.74, 6) is 1.44. The van der Waals surface area contributed by atoms with Crippen LogP contribution in [0.3, 0.4) is 0 Å². The van der Waals surface area contributed by atoms with Crippen molar-refractivity contribution in [2.24, 2.45) is 0 Å². The summed E-state index contributed by atoms with van der Waals surface area (Å²) >= 11 is 6.50. The summed E-state index contributed by atoms with van der Waals surface area (Å²) in [4.78, 5) is 5.16. The number of nitrogens with zero attached hydrogens (tertiary/aromatic N) is 2. The van der Waals surface area contributed by atoms with Crippen LogP contribution in [0.2, 0.25) is 5.02 Å². The predicted octanol–water partition coefficient (Wildman–Crippen LogP) is 3.01. The molecule has 3 rings (SSSR count). The first-order valence-corrected chi connectivity index (χ1v) is 10.3. The minimum absolute atomic E-state index is 0.608. The van der Waals surface area contributed by atoms with E-state index in [1.54, 1.807) is 0 Å². The Kier molecular flexibility index (Phi) is 7.43. The third-order valence-corrected chi connectivity index (χ3v) is 5.42. The van der Waals surface area contributed by atoms with Crippen LogP contribution in [-0.2, 0) is 6.54 Å². The molecule has 0 radical (unpaired) electrons. The molecule has 2 fully saturated rings. The maximum Gasteiger partial charge on any atom is 0.179 e. The molecule has 2 heterocycles. The van der Waals surface area contributed by atoms with E-state index >= 15 is 0 Å². The first-order valence-electron chi connectivity index (χ1n) is 9.96. The van der Waals surface area contributed by atoms with Gasteiger partial charge in [-0.15, -0.1) is 0 Å². The first-order chi connectivity index (χ1) is 12.7. The fourth-order valence-corrected chi connectivity index (χ4v) is 4.17. The van der Waals surface area contributed by atoms with E-state index in [4.69, 9.17) is 21.1 Å². The van der Waals surface area contributed by atoms with Crippen LogP contribution < -0.4 is 14.8 Å². The molecule has 1 aromatic rings. The molecule has 5 nitrogen and oxygen atoms in total. The smallest absolute Gasteiger partial charge is 0.179 e. The van der Waals surface area contributed by atoms with Crippen molar-refractivity contribution in [1.29, 1.82) is 0 Å². The molecule has 2 aliphatic heterocycles. The Labute approximate surface area is 162 Å². The van der Waals surface area contributed by atoms with Gasteiger partial charge in [-0.25, -0.2) is 0 Å². The average Bonchev–Trinajstić information content (AvgIpc) is 3.11. The third-order valence-electron chi connectivity index (χ3n) is 5.14. The van der Waals surface area contributed by atoms with Crippen molar-refractivity contribution in [2.45, 2.75) is 39.3 Å². The second-order valence-electron chi connectivity index (χ2n) is 7.15. The highest BCUT2D eigenvalue weighted by Gasteiger charge is 2.28. The van der Waals surface area contributed by atoms with E-state index in [1.807, 2.05) is 13.0 Å². The molecule has 26 heavy (non-hydrogen) atoms. The Hall–Kier alpha value is -1.01. The quantitative estimate of drug-likeness (QED) is 0.749. The number of piperazine rings is 1. The fourth-order valence-electron chi connectivity index (χ4n) is 3.88. The van der Waals surface area contributed by atoms with Crippen molar-refractivity contribution in [3.8, 4) is 11.5 Å². The number of likely N-dealkylation sites (tertiary alicyclic amines) is 1. The molecule has 1 atom stereocenters. The Morgan fingerprint density at radius 1 is 1.15 bits per heavy atom. The van der Waals surface area contributed by atoms with E-state index in [0.717, 1.165) is 44.9 Å². The standard InChI is InChI=1S/C20H32ClN3O2/c1-3-11-26-20-18(21)12-16(13-19(20)25-4-2)14-23-8-5-17(15-23)24-9-6-22-7-10-24/h12-13,17,22H,3-11,14-15H2,1-2H3. The van der Waals surface area contributed by atoms with Gasteiger partial charge in [0.15, 0.2) is 11.5 Å². The van der Waals surface area contributed by atoms with Gasteiger partial charge < -0.3 is 14.8 Å². The summed E-state index contributed by atoms with van der Waals surface area (Å²) in [6, 6.07) is 4.82. The first kappa shape index (κ1) is 19.7. The summed E-state index contributed by atoms with van der Waals surface area (Å²) < 4.78 is 11.6. The molecule has 146 valence electrons. The highest BCUT2D eigenvalue weighted by molar-refractivity contribution is 6.32. The van der Waals surface area contributed by atoms with E-state index in [1.165, 1.54) is 25.1 Å². The zero-order valence-corrected chi connectivity index (χ0v) is 16.9. The number of hydrogen-bond acceptors (Lipinski definition) is 5. The van der Waals surface area contributed by atoms with Crippen molar-refractivity contribution in [1.82, 2.24) is 15.1 Å². The summed E-state index contributed by atoms with van der Waals surface area (Å²) in [7, 11) is 0. The van der Waals surface area contributed by atoms with Gasteiger partial charge in [-0.2, -0.15) is 0 Å². The van der Waals surface area contributed by atoms with Crippen LogP contribution in [0.25, 0.3) is 0 Å². The number of hydrogen-bond donors (Lipinski definition) is 1. The number of benzene rings is 1. The second kappa shape index (κ2) is 9.79. The van der Waals surface area contributed by atoms with Crippen LogP contribution in [0.5, 0.6) is 11.5 Å². The Morgan fingerprint density at radius 3 is 2.69 bits per heavy atom. The summed E-state index contributed by atoms with van der Waals surface area (Å²) in [6.07, 6.45) is 2.20. The molecule has 6 heteroatoms. The van der Waals surface area contributed by atoms with Gasteiger partial charge in [0.1, 0.15) is 0 Å². The summed E-state index contributed by atoms with van der Waals surface area (Å²) in [5.41, 5.74) is 1.20. The molecule has 0 saturated carbocycles. The highest BCUT2D eigenvalue weighted by Crippen LogP contribution is 2.37. The van der Waals surface area contributed by atoms with Gasteiger partial charge in [0, 0.05) is 51.9 Å². The lowest BCUT2D eigenvalue weighted by Gasteiger charge is -2.32. The number of halogens is 1. The van der Waals surface area contributed by atoms with Crippen molar-refractivity contribution in [2.75, 3.05) is 52.5 Å². The van der Waals surface area contributed by atoms with Crippen molar-refractivity contribution in [3.05, 3.63) is 22.7 Å². The van der Waals surface area contributed by atoms with Crippen LogP contribution in [0.15, 0.2) is 12.1 Å². The predicted molar refractivity (Wildman–Crippen MR) is 107 cm³/mol. The molecule has 0 spiro atoms. The highest BCUT2D eigenvalue weighted by atomic mass is 35.5. The molecule has 0 aliphatic carbocycles. The monoisotopic (exact) mass is 381 g/mol. The van der Waals surface area contributed by atoms with Gasteiger partial charge in [0.25, 0.3) is 0 Å². The van der Waals surface area contributed by atoms with Gasteiger partial charge >= 0.3 is 0 Å². The van der Waals surface area contributed by atoms with Gasteiger partial charge in [0.05, 0.1) is 18.2 Å². The van der Waals surface area contributed by atoms with Crippen molar-refractivity contribution in [3.63, 3.8) is 0 Å². The minimum atomic E-state index is 0.608. The Morgan fingerprint density at radius 2 is 1.96 bits per heavy atom. The Bertz CT molecular complexity index is 578. The second-order valence-corrected chi connectivity index (χ2v) is 7.56. The molecule has 2 saturated heterocycles. The molecule has 1 aromatic carbocycles. The largest absolute Gasteiger partial charge is 0.490 e. The van der Waals surface area contributed by atoms with Gasteiger partial charge in [0.2, 0.25) is 0 Å². The fraction of sp³-hybridized carbons (Fsp3) is 0.700. The SMILES string of the molecule is CCCOc1c(Cl)cc(CN2CCC(N3CCNCC3)C2)cc1OCC. The number of ether oxygens (including phenoxy) is 2. The van der Waals surface area contributed by atoms with E-state index in [-0.39, 0.29) is 0 Å². The lowest BCUT2D eigenvalue weighted by Crippen LogP contribution is -2.49. The zero-order valence-electron chi connectivity index (χ0n) is 16.1. The molecule has 1 N–H and O–H groups in total. The Balaban J connectivity index is 1.63. The molecular formula is C20H32ClN3O2. The van der Waals surface area contributed by atoms with Crippen molar-refractivity contribution < 1.29 is 9.47 Å². The zero-order chi connectivity index (χ0) is 18.4. The molecule has 0 bridgehead atoms. The summed E-state index contributed by atoms with van der Waals surface area (Å²) in [5, 5.41) is 4.09. The number of nitrogens with one attached hydrogen (secondary N) is 1. The maximum atomic E-state index is 6.50. The molecular weight excluding hydrogens is 350 g/mol. The van der Waals surface area contributed by atoms with Crippen LogP contribution in [0, 0.1) is 0 Å². The van der Waals surface area contributed by atoms with E-state index in [2.05, 4.69) is 28.1 Å². The summed E-state index contributed by atoms with van der Waals surface area (Å²) in [6.45, 7) is 13.1. The van der Waals surface area contributed by atoms with Gasteiger partial charge in [-0.1, -0.05) is 18.5 Å². The topological polar surface area (TPSA) is 37.0 Å². The lowest BCUT2D eigenvalue weighted by atomic mass is 10.2. The van der Waals surface area contributed by atoms with E-state index in [9.17, 15) is 0 Å². The van der Waals surface area contributed by atoms with Gasteiger partial charge in [-0.3, -0.25) is 9.80 Å². The molecule has 2 aliphatic rings. The minimum Gasteiger partial charge on any atom is -0.490 e. The molecule has 1 unspecified atom stereocenters. The third kappa shape index (κ3) is 5.03. The van der Waals surface area contributed by atoms with E-state index < -0.39 is 0 Å². The molecule has 0 aromatic heterocycles. The molecule has 0 amide bonds. The lowest BCUT2D eigenvalue weighted by molar-refractivity contribution is 0.170. The maximum absolute atomic E-state index is 6.50.